The van der Waals surface area contributed by atoms with Crippen LogP contribution in [0, 0.1) is 0 Å². The molecule has 0 aliphatic carbocycles. The minimum atomic E-state index is -0.0990. The minimum absolute atomic E-state index is 0.0990. The van der Waals surface area contributed by atoms with Crippen LogP contribution in [-0.2, 0) is 9.59 Å². The summed E-state index contributed by atoms with van der Waals surface area (Å²) >= 11 is 0. The van der Waals surface area contributed by atoms with E-state index in [0.717, 1.165) is 13.1 Å². The fourth-order valence-electron chi connectivity index (χ4n) is 1.69. The van der Waals surface area contributed by atoms with E-state index in [0.29, 0.717) is 18.6 Å². The molecule has 4 heteroatoms. The van der Waals surface area contributed by atoms with Gasteiger partial charge in [0.05, 0.1) is 6.04 Å². The summed E-state index contributed by atoms with van der Waals surface area (Å²) in [4.78, 5) is 26.3. The van der Waals surface area contributed by atoms with Gasteiger partial charge in [0, 0.05) is 40.0 Å². The third-order valence-electron chi connectivity index (χ3n) is 2.70. The van der Waals surface area contributed by atoms with Crippen molar-refractivity contribution < 1.29 is 9.59 Å². The number of carbonyl (C=O) groups excluding carboxylic acids is 2. The smallest absolute Gasteiger partial charge is 0.239 e. The molecule has 4 nitrogen and oxygen atoms in total. The van der Waals surface area contributed by atoms with Gasteiger partial charge in [-0.05, 0) is 6.92 Å². The Morgan fingerprint density at radius 3 is 2.29 bits per heavy atom. The van der Waals surface area contributed by atoms with Crippen molar-refractivity contribution in [1.82, 2.24) is 9.80 Å². The summed E-state index contributed by atoms with van der Waals surface area (Å²) in [5.74, 6) is 0.421. The van der Waals surface area contributed by atoms with Crippen LogP contribution in [0.25, 0.3) is 0 Å². The van der Waals surface area contributed by atoms with Crippen molar-refractivity contribution in [3.05, 3.63) is 0 Å². The topological polar surface area (TPSA) is 40.6 Å². The molecule has 1 aliphatic rings. The van der Waals surface area contributed by atoms with Crippen LogP contribution < -0.4 is 0 Å². The van der Waals surface area contributed by atoms with E-state index >= 15 is 0 Å². The molecule has 1 heterocycles. The number of likely N-dealkylation sites (N-methyl/N-ethyl adjacent to an activating group) is 1. The molecule has 80 valence electrons. The summed E-state index contributed by atoms with van der Waals surface area (Å²) in [5.41, 5.74) is 0. The van der Waals surface area contributed by atoms with Crippen molar-refractivity contribution >= 4 is 11.7 Å². The number of Topliss-reactive ketones (excluding diaryl/α,β-unsaturated/α-hetero) is 1. The van der Waals surface area contributed by atoms with E-state index in [4.69, 9.17) is 0 Å². The van der Waals surface area contributed by atoms with E-state index in [-0.39, 0.29) is 11.9 Å². The lowest BCUT2D eigenvalue weighted by Crippen LogP contribution is -2.47. The predicted molar refractivity (Wildman–Crippen MR) is 54.0 cm³/mol. The largest absolute Gasteiger partial charge is 0.347 e. The summed E-state index contributed by atoms with van der Waals surface area (Å²) in [6.45, 7) is 3.34. The summed E-state index contributed by atoms with van der Waals surface area (Å²) in [6.07, 6.45) is 1.18. The van der Waals surface area contributed by atoms with Crippen molar-refractivity contribution in [2.24, 2.45) is 0 Å². The second kappa shape index (κ2) is 4.55. The van der Waals surface area contributed by atoms with Crippen LogP contribution in [-0.4, -0.2) is 54.7 Å². The number of hydrogen-bond donors (Lipinski definition) is 0. The van der Waals surface area contributed by atoms with Crippen LogP contribution >= 0.6 is 0 Å². The SMILES string of the molecule is CC(C(=O)N(C)C)N1CCC(=O)CC1. The number of hydrogen-bond acceptors (Lipinski definition) is 3. The van der Waals surface area contributed by atoms with Crippen LogP contribution in [0.1, 0.15) is 19.8 Å². The highest BCUT2D eigenvalue weighted by molar-refractivity contribution is 5.82. The quantitative estimate of drug-likeness (QED) is 0.633. The Kier molecular flexibility index (Phi) is 3.63. The van der Waals surface area contributed by atoms with Crippen LogP contribution in [0.3, 0.4) is 0 Å². The molecule has 1 fully saturated rings. The summed E-state index contributed by atoms with van der Waals surface area (Å²) in [7, 11) is 3.52. The lowest BCUT2D eigenvalue weighted by atomic mass is 10.1. The van der Waals surface area contributed by atoms with Gasteiger partial charge in [0.25, 0.3) is 0 Å². The Morgan fingerprint density at radius 1 is 1.36 bits per heavy atom. The first-order valence-electron chi connectivity index (χ1n) is 4.99. The fourth-order valence-corrected chi connectivity index (χ4v) is 1.69. The zero-order valence-corrected chi connectivity index (χ0v) is 9.12. The first-order chi connectivity index (χ1) is 6.52. The van der Waals surface area contributed by atoms with Crippen LogP contribution in [0.15, 0.2) is 0 Å². The van der Waals surface area contributed by atoms with Crippen LogP contribution in [0.4, 0.5) is 0 Å². The predicted octanol–water partition coefficient (Wildman–Crippen LogP) is 0.128. The van der Waals surface area contributed by atoms with E-state index in [9.17, 15) is 9.59 Å². The third kappa shape index (κ3) is 2.54. The number of likely N-dealkylation sites (tertiary alicyclic amines) is 1. The van der Waals surface area contributed by atoms with E-state index in [2.05, 4.69) is 4.90 Å². The van der Waals surface area contributed by atoms with Crippen molar-refractivity contribution in [3.63, 3.8) is 0 Å². The van der Waals surface area contributed by atoms with Gasteiger partial charge in [0.2, 0.25) is 5.91 Å². The van der Waals surface area contributed by atoms with E-state index in [1.807, 2.05) is 6.92 Å². The Labute approximate surface area is 84.9 Å². The third-order valence-corrected chi connectivity index (χ3v) is 2.70. The Morgan fingerprint density at radius 2 is 1.86 bits per heavy atom. The molecule has 0 aromatic heterocycles. The van der Waals surface area contributed by atoms with Gasteiger partial charge in [-0.2, -0.15) is 0 Å². The van der Waals surface area contributed by atoms with Crippen molar-refractivity contribution in [2.75, 3.05) is 27.2 Å². The molecule has 14 heavy (non-hydrogen) atoms. The highest BCUT2D eigenvalue weighted by Crippen LogP contribution is 2.10. The molecule has 1 saturated heterocycles. The average molecular weight is 198 g/mol. The van der Waals surface area contributed by atoms with Gasteiger partial charge in [-0.3, -0.25) is 14.5 Å². The van der Waals surface area contributed by atoms with Gasteiger partial charge in [-0.15, -0.1) is 0 Å². The monoisotopic (exact) mass is 198 g/mol. The van der Waals surface area contributed by atoms with Gasteiger partial charge >= 0.3 is 0 Å². The molecule has 1 amide bonds. The molecule has 1 aliphatic heterocycles. The zero-order valence-electron chi connectivity index (χ0n) is 9.12. The maximum absolute atomic E-state index is 11.6. The van der Waals surface area contributed by atoms with Gasteiger partial charge < -0.3 is 4.90 Å². The summed E-state index contributed by atoms with van der Waals surface area (Å²) in [5, 5.41) is 0. The maximum atomic E-state index is 11.6. The Balaban J connectivity index is 2.49. The molecule has 1 rings (SSSR count). The Hall–Kier alpha value is -0.900. The first-order valence-corrected chi connectivity index (χ1v) is 4.99. The molecule has 0 spiro atoms. The molecule has 0 saturated carbocycles. The molecule has 0 N–H and O–H groups in total. The van der Waals surface area contributed by atoms with Gasteiger partial charge in [0.15, 0.2) is 0 Å². The standard InChI is InChI=1S/C10H18N2O2/c1-8(10(14)11(2)3)12-6-4-9(13)5-7-12/h8H,4-7H2,1-3H3. The molecule has 1 atom stereocenters. The maximum Gasteiger partial charge on any atom is 0.239 e. The van der Waals surface area contributed by atoms with E-state index < -0.39 is 0 Å². The van der Waals surface area contributed by atoms with Crippen LogP contribution in [0.5, 0.6) is 0 Å². The molecule has 0 bridgehead atoms. The van der Waals surface area contributed by atoms with Crippen molar-refractivity contribution in [2.45, 2.75) is 25.8 Å². The summed E-state index contributed by atoms with van der Waals surface area (Å²) < 4.78 is 0. The molecular weight excluding hydrogens is 180 g/mol. The highest BCUT2D eigenvalue weighted by Gasteiger charge is 2.25. The zero-order chi connectivity index (χ0) is 10.7. The minimum Gasteiger partial charge on any atom is -0.347 e. The highest BCUT2D eigenvalue weighted by atomic mass is 16.2. The second-order valence-corrected chi connectivity index (χ2v) is 3.98. The van der Waals surface area contributed by atoms with Crippen molar-refractivity contribution in [1.29, 1.82) is 0 Å². The second-order valence-electron chi connectivity index (χ2n) is 3.98. The molecule has 1 unspecified atom stereocenters. The summed E-state index contributed by atoms with van der Waals surface area (Å²) in [6, 6.07) is -0.0990. The average Bonchev–Trinajstić information content (AvgIpc) is 2.16. The number of amides is 1. The molecule has 0 aromatic carbocycles. The lowest BCUT2D eigenvalue weighted by molar-refractivity contribution is -0.135. The Bertz CT molecular complexity index is 228. The van der Waals surface area contributed by atoms with Crippen molar-refractivity contribution in [3.8, 4) is 0 Å². The molecule has 0 radical (unpaired) electrons. The van der Waals surface area contributed by atoms with Gasteiger partial charge in [-0.1, -0.05) is 0 Å². The van der Waals surface area contributed by atoms with Crippen LogP contribution in [0.2, 0.25) is 0 Å². The number of carbonyl (C=O) groups is 2. The van der Waals surface area contributed by atoms with E-state index in [1.165, 1.54) is 0 Å². The first kappa shape index (κ1) is 11.2. The van der Waals surface area contributed by atoms with Gasteiger partial charge in [-0.25, -0.2) is 0 Å². The molecule has 0 aromatic rings. The normalized spacial score (nSPS) is 20.6. The number of ketones is 1. The lowest BCUT2D eigenvalue weighted by Gasteiger charge is -2.32. The number of piperidine rings is 1. The van der Waals surface area contributed by atoms with E-state index in [1.54, 1.807) is 19.0 Å². The molecular formula is C10H18N2O2. The number of nitrogens with zero attached hydrogens (tertiary/aromatic N) is 2. The number of rotatable bonds is 2. The van der Waals surface area contributed by atoms with Gasteiger partial charge in [0.1, 0.15) is 5.78 Å². The fraction of sp³-hybridized carbons (Fsp3) is 0.800.